The molecule has 4 nitrogen and oxygen atoms in total. The molecule has 0 spiro atoms. The Bertz CT molecular complexity index is 931. The smallest absolute Gasteiger partial charge is 0.203 e. The predicted molar refractivity (Wildman–Crippen MR) is 105 cm³/mol. The lowest BCUT2D eigenvalue weighted by Crippen LogP contribution is -2.22. The molecule has 130 valence electrons. The molecule has 3 rings (SSSR count). The van der Waals surface area contributed by atoms with E-state index < -0.39 is 0 Å². The van der Waals surface area contributed by atoms with Crippen LogP contribution in [0.1, 0.15) is 11.1 Å². The summed E-state index contributed by atoms with van der Waals surface area (Å²) in [6.07, 6.45) is 1.72. The zero-order valence-electron chi connectivity index (χ0n) is 14.0. The molecule has 0 aliphatic rings. The highest BCUT2D eigenvalue weighted by Gasteiger charge is 2.08. The van der Waals surface area contributed by atoms with E-state index in [0.717, 1.165) is 22.8 Å². The Kier molecular flexibility index (Phi) is 5.59. The number of aryl methyl sites for hydroxylation is 1. The molecule has 0 radical (unpaired) electrons. The van der Waals surface area contributed by atoms with Crippen molar-refractivity contribution in [1.29, 1.82) is 0 Å². The first-order valence-electron chi connectivity index (χ1n) is 7.78. The summed E-state index contributed by atoms with van der Waals surface area (Å²) in [4.78, 5) is 2.14. The van der Waals surface area contributed by atoms with E-state index in [-0.39, 0.29) is 0 Å². The zero-order valence-corrected chi connectivity index (χ0v) is 16.3. The molecule has 0 bridgehead atoms. The zero-order chi connectivity index (χ0) is 18.0. The summed E-state index contributed by atoms with van der Waals surface area (Å²) in [5, 5.41) is 5.86. The average molecular weight is 393 g/mol. The third-order valence-corrected chi connectivity index (χ3v) is 4.97. The molecule has 0 aliphatic heterocycles. The Labute approximate surface area is 162 Å². The van der Waals surface area contributed by atoms with Gasteiger partial charge in [0.1, 0.15) is 6.33 Å². The second-order valence-electron chi connectivity index (χ2n) is 6.00. The number of nitrogens with zero attached hydrogens (tertiary/aromatic N) is 4. The fraction of sp³-hybridized carbons (Fsp3) is 0.222. The van der Waals surface area contributed by atoms with Crippen LogP contribution >= 0.6 is 35.4 Å². The molecule has 0 unspecified atom stereocenters. The number of hydrogen-bond donors (Lipinski definition) is 0. The average Bonchev–Trinajstić information content (AvgIpc) is 2.93. The Hall–Kier alpha value is -1.66. The van der Waals surface area contributed by atoms with Crippen molar-refractivity contribution in [2.75, 3.05) is 7.05 Å². The van der Waals surface area contributed by atoms with E-state index >= 15 is 0 Å². The topological polar surface area (TPSA) is 26.0 Å². The predicted octanol–water partition coefficient (Wildman–Crippen LogP) is 5.11. The third kappa shape index (κ3) is 4.30. The van der Waals surface area contributed by atoms with Crippen molar-refractivity contribution in [2.24, 2.45) is 0 Å². The van der Waals surface area contributed by atoms with Gasteiger partial charge in [0.05, 0.1) is 12.4 Å². The Morgan fingerprint density at radius 1 is 1.12 bits per heavy atom. The van der Waals surface area contributed by atoms with E-state index in [4.69, 9.17) is 35.4 Å². The summed E-state index contributed by atoms with van der Waals surface area (Å²) in [6.45, 7) is 3.34. The minimum absolute atomic E-state index is 0.591. The second-order valence-corrected chi connectivity index (χ2v) is 7.21. The number of aromatic nitrogens is 3. The van der Waals surface area contributed by atoms with Gasteiger partial charge in [0.25, 0.3) is 0 Å². The van der Waals surface area contributed by atoms with Crippen LogP contribution in [0.3, 0.4) is 0 Å². The van der Waals surface area contributed by atoms with Crippen LogP contribution in [0.4, 0.5) is 0 Å². The van der Waals surface area contributed by atoms with Crippen molar-refractivity contribution in [3.05, 3.63) is 74.7 Å². The SMILES string of the molecule is Cc1ccc(-n2cnn(CN(C)Cc3ccc(Cl)cc3)c2=S)cc1Cl. The molecule has 0 fully saturated rings. The molecule has 0 aliphatic carbocycles. The summed E-state index contributed by atoms with van der Waals surface area (Å²) < 4.78 is 4.28. The molecule has 3 aromatic rings. The standard InChI is InChI=1S/C18H18Cl2N4S/c1-13-3-8-16(9-17(13)20)23-11-21-24(18(23)25)12-22(2)10-14-4-6-15(19)7-5-14/h3-9,11H,10,12H2,1-2H3. The van der Waals surface area contributed by atoms with Crippen LogP contribution in [-0.4, -0.2) is 26.3 Å². The second kappa shape index (κ2) is 7.70. The fourth-order valence-electron chi connectivity index (χ4n) is 2.52. The molecule has 1 aromatic heterocycles. The molecule has 25 heavy (non-hydrogen) atoms. The van der Waals surface area contributed by atoms with Gasteiger partial charge in [0.2, 0.25) is 4.77 Å². The van der Waals surface area contributed by atoms with Gasteiger partial charge in [-0.1, -0.05) is 41.4 Å². The monoisotopic (exact) mass is 392 g/mol. The lowest BCUT2D eigenvalue weighted by molar-refractivity contribution is 0.244. The minimum atomic E-state index is 0.591. The van der Waals surface area contributed by atoms with Gasteiger partial charge in [-0.25, -0.2) is 4.68 Å². The van der Waals surface area contributed by atoms with Crippen LogP contribution in [-0.2, 0) is 13.2 Å². The van der Waals surface area contributed by atoms with Gasteiger partial charge in [0.15, 0.2) is 0 Å². The summed E-state index contributed by atoms with van der Waals surface area (Å²) in [6, 6.07) is 13.7. The highest BCUT2D eigenvalue weighted by molar-refractivity contribution is 7.71. The van der Waals surface area contributed by atoms with Crippen molar-refractivity contribution in [2.45, 2.75) is 20.1 Å². The fourth-order valence-corrected chi connectivity index (χ4v) is 3.08. The highest BCUT2D eigenvalue weighted by Crippen LogP contribution is 2.19. The molecule has 0 N–H and O–H groups in total. The normalized spacial score (nSPS) is 11.2. The van der Waals surface area contributed by atoms with Gasteiger partial charge in [0, 0.05) is 16.6 Å². The maximum atomic E-state index is 6.22. The van der Waals surface area contributed by atoms with Crippen molar-refractivity contribution < 1.29 is 0 Å². The summed E-state index contributed by atoms with van der Waals surface area (Å²) >= 11 is 17.7. The van der Waals surface area contributed by atoms with Crippen LogP contribution in [0.25, 0.3) is 5.69 Å². The van der Waals surface area contributed by atoms with Gasteiger partial charge in [-0.15, -0.1) is 0 Å². The minimum Gasteiger partial charge on any atom is -0.283 e. The van der Waals surface area contributed by atoms with E-state index in [1.54, 1.807) is 11.0 Å². The highest BCUT2D eigenvalue weighted by atomic mass is 35.5. The van der Waals surface area contributed by atoms with Crippen LogP contribution in [0.2, 0.25) is 10.0 Å². The molecule has 0 saturated heterocycles. The number of hydrogen-bond acceptors (Lipinski definition) is 3. The first-order valence-corrected chi connectivity index (χ1v) is 8.94. The molecular weight excluding hydrogens is 375 g/mol. The number of rotatable bonds is 5. The van der Waals surface area contributed by atoms with E-state index in [1.165, 1.54) is 5.56 Å². The Morgan fingerprint density at radius 2 is 1.84 bits per heavy atom. The van der Waals surface area contributed by atoms with E-state index in [1.807, 2.05) is 61.0 Å². The largest absolute Gasteiger partial charge is 0.283 e. The first-order chi connectivity index (χ1) is 11.9. The molecule has 1 heterocycles. The van der Waals surface area contributed by atoms with Crippen molar-refractivity contribution in [3.63, 3.8) is 0 Å². The maximum absolute atomic E-state index is 6.22. The van der Waals surface area contributed by atoms with Gasteiger partial charge < -0.3 is 0 Å². The summed E-state index contributed by atoms with van der Waals surface area (Å²) in [5.41, 5.74) is 3.13. The Morgan fingerprint density at radius 3 is 2.52 bits per heavy atom. The number of benzene rings is 2. The molecule has 7 heteroatoms. The van der Waals surface area contributed by atoms with Gasteiger partial charge >= 0.3 is 0 Å². The van der Waals surface area contributed by atoms with Crippen LogP contribution < -0.4 is 0 Å². The van der Waals surface area contributed by atoms with Crippen LogP contribution in [0.5, 0.6) is 0 Å². The van der Waals surface area contributed by atoms with Gasteiger partial charge in [-0.05, 0) is 61.6 Å². The van der Waals surface area contributed by atoms with Crippen molar-refractivity contribution in [1.82, 2.24) is 19.2 Å². The summed E-state index contributed by atoms with van der Waals surface area (Å²) in [5.74, 6) is 0. The quantitative estimate of drug-likeness (QED) is 0.564. The maximum Gasteiger partial charge on any atom is 0.203 e. The van der Waals surface area contributed by atoms with E-state index in [2.05, 4.69) is 10.00 Å². The lowest BCUT2D eigenvalue weighted by Gasteiger charge is -2.16. The first kappa shape index (κ1) is 18.1. The van der Waals surface area contributed by atoms with Crippen LogP contribution in [0.15, 0.2) is 48.8 Å². The molecule has 0 amide bonds. The van der Waals surface area contributed by atoms with E-state index in [9.17, 15) is 0 Å². The van der Waals surface area contributed by atoms with Gasteiger partial charge in [-0.3, -0.25) is 9.47 Å². The third-order valence-electron chi connectivity index (χ3n) is 3.91. The summed E-state index contributed by atoms with van der Waals surface area (Å²) in [7, 11) is 2.03. The molecule has 0 atom stereocenters. The van der Waals surface area contributed by atoms with Crippen molar-refractivity contribution in [3.8, 4) is 5.69 Å². The molecule has 2 aromatic carbocycles. The van der Waals surface area contributed by atoms with E-state index in [0.29, 0.717) is 16.5 Å². The van der Waals surface area contributed by atoms with Gasteiger partial charge in [-0.2, -0.15) is 5.10 Å². The number of halogens is 2. The van der Waals surface area contributed by atoms with Crippen LogP contribution in [0, 0.1) is 11.7 Å². The molecular formula is C18H18Cl2N4S. The van der Waals surface area contributed by atoms with Crippen molar-refractivity contribution >= 4 is 35.4 Å². The Balaban J connectivity index is 1.75. The molecule has 0 saturated carbocycles. The lowest BCUT2D eigenvalue weighted by atomic mass is 10.2.